The van der Waals surface area contributed by atoms with Crippen LogP contribution >= 0.6 is 0 Å². The topological polar surface area (TPSA) is 66.4 Å². The number of halogens is 4. The van der Waals surface area contributed by atoms with Crippen molar-refractivity contribution >= 4 is 17.0 Å². The summed E-state index contributed by atoms with van der Waals surface area (Å²) in [6.07, 6.45) is 4.28. The van der Waals surface area contributed by atoms with Crippen LogP contribution in [-0.4, -0.2) is 32.5 Å². The smallest absolute Gasteiger partial charge is 0.371 e. The van der Waals surface area contributed by atoms with Gasteiger partial charge in [0.1, 0.15) is 0 Å². The molecule has 150 valence electrons. The standard InChI is InChI=1S/C17H24F4O4S/c18-16(19,17(20,21)26(23)24)2-1-3-25-15(22)9-14-12-5-10-4-11(7-12)8-13(14)6-10/h10-14H,1-9H2,(H,23,24)/p-1. The van der Waals surface area contributed by atoms with E-state index in [-0.39, 0.29) is 12.3 Å². The molecule has 4 saturated carbocycles. The molecular weight excluding hydrogens is 376 g/mol. The van der Waals surface area contributed by atoms with E-state index in [1.54, 1.807) is 0 Å². The molecule has 0 N–H and O–H groups in total. The molecular formula is C17H23F4O4S-. The normalized spacial score (nSPS) is 34.7. The second kappa shape index (κ2) is 7.37. The van der Waals surface area contributed by atoms with Crippen molar-refractivity contribution in [3.63, 3.8) is 0 Å². The van der Waals surface area contributed by atoms with E-state index in [0.717, 1.165) is 37.5 Å². The second-order valence-electron chi connectivity index (χ2n) is 8.08. The first-order chi connectivity index (χ1) is 12.1. The van der Waals surface area contributed by atoms with Gasteiger partial charge in [0.15, 0.2) is 0 Å². The van der Waals surface area contributed by atoms with E-state index in [1.807, 2.05) is 0 Å². The van der Waals surface area contributed by atoms with Crippen molar-refractivity contribution in [1.29, 1.82) is 0 Å². The van der Waals surface area contributed by atoms with E-state index in [1.165, 1.54) is 6.42 Å². The Morgan fingerprint density at radius 2 is 1.58 bits per heavy atom. The summed E-state index contributed by atoms with van der Waals surface area (Å²) >= 11 is -4.21. The molecule has 9 heteroatoms. The number of alkyl halides is 4. The summed E-state index contributed by atoms with van der Waals surface area (Å²) < 4.78 is 77.8. The van der Waals surface area contributed by atoms with Crippen molar-refractivity contribution < 1.29 is 35.9 Å². The van der Waals surface area contributed by atoms with Crippen molar-refractivity contribution in [1.82, 2.24) is 0 Å². The number of carbonyl (C=O) groups excluding carboxylic acids is 1. The van der Waals surface area contributed by atoms with Gasteiger partial charge in [-0.2, -0.15) is 17.6 Å². The lowest BCUT2D eigenvalue weighted by Crippen LogP contribution is -2.45. The van der Waals surface area contributed by atoms with Gasteiger partial charge in [0.25, 0.3) is 0 Å². The summed E-state index contributed by atoms with van der Waals surface area (Å²) in [5, 5.41) is -5.13. The zero-order chi connectivity index (χ0) is 19.1. The number of rotatable bonds is 8. The number of hydrogen-bond acceptors (Lipinski definition) is 4. The minimum atomic E-state index is -5.13. The molecule has 1 unspecified atom stereocenters. The molecule has 0 aliphatic heterocycles. The lowest BCUT2D eigenvalue weighted by molar-refractivity contribution is -0.166. The Hall–Kier alpha value is -0.700. The summed E-state index contributed by atoms with van der Waals surface area (Å²) in [5.41, 5.74) is 0. The first-order valence-electron chi connectivity index (χ1n) is 9.10. The predicted octanol–water partition coefficient (Wildman–Crippen LogP) is 3.88. The fourth-order valence-electron chi connectivity index (χ4n) is 5.37. The van der Waals surface area contributed by atoms with Gasteiger partial charge in [-0.3, -0.25) is 9.00 Å². The molecule has 4 aliphatic rings. The Bertz CT molecular complexity index is 541. The van der Waals surface area contributed by atoms with Gasteiger partial charge in [0.05, 0.1) is 6.61 Å². The van der Waals surface area contributed by atoms with Crippen molar-refractivity contribution in [2.24, 2.45) is 29.6 Å². The van der Waals surface area contributed by atoms with Gasteiger partial charge in [-0.25, -0.2) is 0 Å². The molecule has 0 saturated heterocycles. The Morgan fingerprint density at radius 1 is 1.04 bits per heavy atom. The molecule has 1 atom stereocenters. The largest absolute Gasteiger partial charge is 0.768 e. The van der Waals surface area contributed by atoms with Crippen LogP contribution in [0.1, 0.15) is 51.4 Å². The number of ether oxygens (including phenoxy) is 1. The first-order valence-corrected chi connectivity index (χ1v) is 10.2. The summed E-state index contributed by atoms with van der Waals surface area (Å²) in [5.74, 6) is -2.26. The van der Waals surface area contributed by atoms with Gasteiger partial charge in [-0.15, -0.1) is 0 Å². The number of esters is 1. The van der Waals surface area contributed by atoms with Crippen LogP contribution < -0.4 is 0 Å². The molecule has 4 nitrogen and oxygen atoms in total. The lowest BCUT2D eigenvalue weighted by Gasteiger charge is -2.54. The van der Waals surface area contributed by atoms with Crippen molar-refractivity contribution in [3.8, 4) is 0 Å². The molecule has 0 aromatic heterocycles. The number of carbonyl (C=O) groups is 1. The van der Waals surface area contributed by atoms with E-state index in [4.69, 9.17) is 4.74 Å². The quantitative estimate of drug-likeness (QED) is 0.269. The molecule has 0 spiro atoms. The van der Waals surface area contributed by atoms with Crippen LogP contribution in [0.5, 0.6) is 0 Å². The maximum Gasteiger partial charge on any atom is 0.371 e. The summed E-state index contributed by atoms with van der Waals surface area (Å²) in [6, 6.07) is 0. The van der Waals surface area contributed by atoms with E-state index in [2.05, 4.69) is 0 Å². The molecule has 4 bridgehead atoms. The monoisotopic (exact) mass is 399 g/mol. The Balaban J connectivity index is 1.40. The highest BCUT2D eigenvalue weighted by atomic mass is 32.2. The molecule has 0 heterocycles. The van der Waals surface area contributed by atoms with Crippen LogP contribution in [0.4, 0.5) is 17.6 Å². The highest BCUT2D eigenvalue weighted by molar-refractivity contribution is 7.80. The SMILES string of the molecule is O=C(CC1C2CC3CC(C2)CC1C3)OCCCC(F)(F)C(F)(F)S(=O)[O-]. The van der Waals surface area contributed by atoms with E-state index >= 15 is 0 Å². The summed E-state index contributed by atoms with van der Waals surface area (Å²) in [7, 11) is 0. The first kappa shape index (κ1) is 20.0. The van der Waals surface area contributed by atoms with E-state index in [0.29, 0.717) is 11.8 Å². The van der Waals surface area contributed by atoms with E-state index in [9.17, 15) is 31.1 Å². The Morgan fingerprint density at radius 3 is 2.08 bits per heavy atom. The van der Waals surface area contributed by atoms with Crippen LogP contribution in [0.25, 0.3) is 0 Å². The molecule has 26 heavy (non-hydrogen) atoms. The maximum atomic E-state index is 13.3. The number of hydrogen-bond donors (Lipinski definition) is 0. The van der Waals surface area contributed by atoms with Gasteiger partial charge >= 0.3 is 17.1 Å². The van der Waals surface area contributed by atoms with Crippen LogP contribution in [0.15, 0.2) is 0 Å². The van der Waals surface area contributed by atoms with Crippen molar-refractivity contribution in [2.45, 2.75) is 62.5 Å². The third-order valence-electron chi connectivity index (χ3n) is 6.36. The van der Waals surface area contributed by atoms with Gasteiger partial charge in [0.2, 0.25) is 0 Å². The maximum absolute atomic E-state index is 13.3. The zero-order valence-corrected chi connectivity index (χ0v) is 15.1. The summed E-state index contributed by atoms with van der Waals surface area (Å²) in [6.45, 7) is -0.413. The van der Waals surface area contributed by atoms with Gasteiger partial charge in [0, 0.05) is 23.9 Å². The van der Waals surface area contributed by atoms with Gasteiger partial charge < -0.3 is 9.29 Å². The zero-order valence-electron chi connectivity index (χ0n) is 14.3. The van der Waals surface area contributed by atoms with Crippen molar-refractivity contribution in [2.75, 3.05) is 6.61 Å². The van der Waals surface area contributed by atoms with Crippen LogP contribution in [0.2, 0.25) is 0 Å². The molecule has 4 rings (SSSR count). The highest BCUT2D eigenvalue weighted by Gasteiger charge is 2.57. The molecule has 0 aromatic rings. The van der Waals surface area contributed by atoms with Crippen LogP contribution in [-0.2, 0) is 20.6 Å². The third kappa shape index (κ3) is 3.93. The molecule has 4 aliphatic carbocycles. The minimum absolute atomic E-state index is 0.256. The van der Waals surface area contributed by atoms with Gasteiger partial charge in [-0.1, -0.05) is 0 Å². The Labute approximate surface area is 152 Å². The average molecular weight is 399 g/mol. The molecule has 0 radical (unpaired) electrons. The minimum Gasteiger partial charge on any atom is -0.768 e. The van der Waals surface area contributed by atoms with Gasteiger partial charge in [-0.05, 0) is 68.1 Å². The molecule has 4 fully saturated rings. The summed E-state index contributed by atoms with van der Waals surface area (Å²) in [4.78, 5) is 12.0. The predicted molar refractivity (Wildman–Crippen MR) is 84.2 cm³/mol. The lowest BCUT2D eigenvalue weighted by atomic mass is 9.51. The van der Waals surface area contributed by atoms with Crippen LogP contribution in [0, 0.1) is 29.6 Å². The fraction of sp³-hybridized carbons (Fsp3) is 0.941. The Kier molecular flexibility index (Phi) is 5.68. The molecule has 0 amide bonds. The molecule has 0 aromatic carbocycles. The van der Waals surface area contributed by atoms with Crippen molar-refractivity contribution in [3.05, 3.63) is 0 Å². The average Bonchev–Trinajstić information content (AvgIpc) is 2.54. The second-order valence-corrected chi connectivity index (χ2v) is 9.06. The fourth-order valence-corrected chi connectivity index (χ4v) is 5.72. The third-order valence-corrected chi connectivity index (χ3v) is 7.07. The van der Waals surface area contributed by atoms with Crippen LogP contribution in [0.3, 0.4) is 0 Å². The van der Waals surface area contributed by atoms with E-state index < -0.39 is 47.7 Å². The highest BCUT2D eigenvalue weighted by Crippen LogP contribution is 2.57.